The van der Waals surface area contributed by atoms with E-state index in [1.165, 1.54) is 11.9 Å². The standard InChI is InChI=1S/C21H25N5O6/c1-14(28)12-16(13-27)22-20(31)17-8-5-10-25-18(29)9-11-24(21(32)26(17)25)23-19(30)15-6-3-2-4-7-15/h2-4,6-7,13,16-17H,5,8-12H2,1H3,(H,22,31)(H,23,30). The highest BCUT2D eigenvalue weighted by molar-refractivity contribution is 5.97. The third kappa shape index (κ3) is 5.10. The van der Waals surface area contributed by atoms with Crippen LogP contribution in [0.15, 0.2) is 30.3 Å². The predicted octanol–water partition coefficient (Wildman–Crippen LogP) is 0.0279. The minimum Gasteiger partial charge on any atom is -0.344 e. The van der Waals surface area contributed by atoms with Crippen LogP contribution in [-0.2, 0) is 19.2 Å². The van der Waals surface area contributed by atoms with Crippen LogP contribution < -0.4 is 10.7 Å². The first-order chi connectivity index (χ1) is 15.3. The van der Waals surface area contributed by atoms with Crippen LogP contribution in [0.5, 0.6) is 0 Å². The number of amides is 5. The molecule has 2 heterocycles. The molecular weight excluding hydrogens is 418 g/mol. The van der Waals surface area contributed by atoms with E-state index in [2.05, 4.69) is 10.7 Å². The summed E-state index contributed by atoms with van der Waals surface area (Å²) in [6.45, 7) is 1.49. The number of aldehydes is 1. The molecule has 0 aromatic heterocycles. The van der Waals surface area contributed by atoms with Gasteiger partial charge in [-0.1, -0.05) is 18.2 Å². The van der Waals surface area contributed by atoms with Crippen molar-refractivity contribution in [2.75, 3.05) is 13.1 Å². The molecule has 1 aromatic rings. The molecule has 0 saturated carbocycles. The molecule has 0 spiro atoms. The van der Waals surface area contributed by atoms with Gasteiger partial charge < -0.3 is 10.1 Å². The Labute approximate surface area is 184 Å². The molecular formula is C21H25N5O6. The van der Waals surface area contributed by atoms with Crippen LogP contribution in [0, 0.1) is 0 Å². The van der Waals surface area contributed by atoms with Crippen LogP contribution >= 0.6 is 0 Å². The number of urea groups is 1. The van der Waals surface area contributed by atoms with Crippen LogP contribution in [0.1, 0.15) is 43.0 Å². The van der Waals surface area contributed by atoms with Crippen molar-refractivity contribution in [3.8, 4) is 0 Å². The fourth-order valence-electron chi connectivity index (χ4n) is 3.71. The lowest BCUT2D eigenvalue weighted by atomic mass is 10.1. The molecule has 2 aliphatic rings. The quantitative estimate of drug-likeness (QED) is 0.571. The highest BCUT2D eigenvalue weighted by Crippen LogP contribution is 2.24. The zero-order valence-electron chi connectivity index (χ0n) is 17.7. The predicted molar refractivity (Wildman–Crippen MR) is 110 cm³/mol. The molecule has 3 rings (SSSR count). The monoisotopic (exact) mass is 443 g/mol. The van der Waals surface area contributed by atoms with Crippen molar-refractivity contribution in [3.63, 3.8) is 0 Å². The molecule has 2 fully saturated rings. The number of carbonyl (C=O) groups excluding carboxylic acids is 6. The molecule has 2 atom stereocenters. The van der Waals surface area contributed by atoms with E-state index >= 15 is 0 Å². The summed E-state index contributed by atoms with van der Waals surface area (Å²) in [5, 5.41) is 5.74. The topological polar surface area (TPSA) is 136 Å². The first kappa shape index (κ1) is 22.9. The summed E-state index contributed by atoms with van der Waals surface area (Å²) in [5.41, 5.74) is 2.84. The number of hydrogen-bond acceptors (Lipinski definition) is 6. The van der Waals surface area contributed by atoms with E-state index in [0.29, 0.717) is 18.3 Å². The van der Waals surface area contributed by atoms with Crippen molar-refractivity contribution in [2.24, 2.45) is 0 Å². The number of hydrogen-bond donors (Lipinski definition) is 2. The number of nitrogens with one attached hydrogen (secondary N) is 2. The van der Waals surface area contributed by atoms with Crippen LogP contribution in [-0.4, -0.2) is 76.0 Å². The largest absolute Gasteiger partial charge is 0.358 e. The van der Waals surface area contributed by atoms with Crippen molar-refractivity contribution in [3.05, 3.63) is 35.9 Å². The summed E-state index contributed by atoms with van der Waals surface area (Å²) in [6.07, 6.45) is 0.988. The van der Waals surface area contributed by atoms with E-state index in [1.807, 2.05) is 0 Å². The van der Waals surface area contributed by atoms with E-state index in [-0.39, 0.29) is 44.0 Å². The molecule has 32 heavy (non-hydrogen) atoms. The first-order valence-corrected chi connectivity index (χ1v) is 10.3. The molecule has 2 N–H and O–H groups in total. The van der Waals surface area contributed by atoms with Gasteiger partial charge in [0.2, 0.25) is 11.8 Å². The molecule has 11 nitrogen and oxygen atoms in total. The average Bonchev–Trinajstić information content (AvgIpc) is 2.90. The lowest BCUT2D eigenvalue weighted by Gasteiger charge is -2.43. The number of benzene rings is 1. The van der Waals surface area contributed by atoms with Crippen LogP contribution in [0.25, 0.3) is 0 Å². The number of Topliss-reactive ketones (excluding diaryl/α,β-unsaturated/α-hetero) is 1. The highest BCUT2D eigenvalue weighted by Gasteiger charge is 2.44. The maximum absolute atomic E-state index is 13.3. The molecule has 2 saturated heterocycles. The van der Waals surface area contributed by atoms with Gasteiger partial charge in [-0.15, -0.1) is 0 Å². The van der Waals surface area contributed by atoms with Gasteiger partial charge in [0.1, 0.15) is 18.1 Å². The van der Waals surface area contributed by atoms with Gasteiger partial charge in [0.05, 0.1) is 12.6 Å². The van der Waals surface area contributed by atoms with Gasteiger partial charge in [-0.25, -0.2) is 19.8 Å². The number of carbonyl (C=O) groups is 6. The van der Waals surface area contributed by atoms with Crippen LogP contribution in [0.2, 0.25) is 0 Å². The summed E-state index contributed by atoms with van der Waals surface area (Å²) < 4.78 is 0. The Kier molecular flexibility index (Phi) is 7.18. The minimum absolute atomic E-state index is 0.0348. The summed E-state index contributed by atoms with van der Waals surface area (Å²) in [6, 6.07) is 5.46. The van der Waals surface area contributed by atoms with E-state index < -0.39 is 29.9 Å². The van der Waals surface area contributed by atoms with Crippen molar-refractivity contribution in [1.82, 2.24) is 25.8 Å². The van der Waals surface area contributed by atoms with Crippen molar-refractivity contribution >= 4 is 35.8 Å². The van der Waals surface area contributed by atoms with Crippen LogP contribution in [0.4, 0.5) is 4.79 Å². The molecule has 0 radical (unpaired) electrons. The number of nitrogens with zero attached hydrogens (tertiary/aromatic N) is 3. The Balaban J connectivity index is 1.81. The highest BCUT2D eigenvalue weighted by atomic mass is 16.2. The second-order valence-corrected chi connectivity index (χ2v) is 7.67. The zero-order valence-corrected chi connectivity index (χ0v) is 17.7. The first-order valence-electron chi connectivity index (χ1n) is 10.3. The fraction of sp³-hybridized carbons (Fsp3) is 0.429. The van der Waals surface area contributed by atoms with Gasteiger partial charge in [-0.2, -0.15) is 0 Å². The van der Waals surface area contributed by atoms with Crippen molar-refractivity contribution in [2.45, 2.75) is 44.7 Å². The average molecular weight is 443 g/mol. The fourth-order valence-corrected chi connectivity index (χ4v) is 3.71. The Morgan fingerprint density at radius 2 is 1.88 bits per heavy atom. The van der Waals surface area contributed by atoms with Gasteiger partial charge in [0.15, 0.2) is 0 Å². The summed E-state index contributed by atoms with van der Waals surface area (Å²) >= 11 is 0. The smallest absolute Gasteiger partial charge is 0.344 e. The molecule has 0 aliphatic carbocycles. The lowest BCUT2D eigenvalue weighted by Crippen LogP contribution is -2.64. The van der Waals surface area contributed by atoms with E-state index in [9.17, 15) is 28.8 Å². The Morgan fingerprint density at radius 3 is 2.53 bits per heavy atom. The van der Waals surface area contributed by atoms with Gasteiger partial charge in [0, 0.05) is 24.9 Å². The number of ketones is 1. The number of hydrazine groups is 2. The second kappa shape index (κ2) is 10.0. The van der Waals surface area contributed by atoms with E-state index in [1.54, 1.807) is 30.3 Å². The van der Waals surface area contributed by atoms with Crippen LogP contribution in [0.3, 0.4) is 0 Å². The van der Waals surface area contributed by atoms with Crippen molar-refractivity contribution in [1.29, 1.82) is 0 Å². The normalized spacial score (nSPS) is 19.5. The zero-order chi connectivity index (χ0) is 23.3. The molecule has 170 valence electrons. The molecule has 11 heteroatoms. The third-order valence-corrected chi connectivity index (χ3v) is 5.24. The molecule has 2 unspecified atom stereocenters. The maximum atomic E-state index is 13.3. The van der Waals surface area contributed by atoms with E-state index in [0.717, 1.165) is 10.0 Å². The Bertz CT molecular complexity index is 921. The SMILES string of the molecule is CC(=O)CC(C=O)NC(=O)C1CCCN2C(=O)CCN(NC(=O)c3ccccc3)C(=O)N12. The second-order valence-electron chi connectivity index (χ2n) is 7.67. The molecule has 5 amide bonds. The Morgan fingerprint density at radius 1 is 1.16 bits per heavy atom. The Hall–Kier alpha value is -3.76. The molecule has 1 aromatic carbocycles. The summed E-state index contributed by atoms with van der Waals surface area (Å²) in [5.74, 6) is -1.81. The molecule has 2 aliphatic heterocycles. The summed E-state index contributed by atoms with van der Waals surface area (Å²) in [4.78, 5) is 74.0. The van der Waals surface area contributed by atoms with Gasteiger partial charge in [-0.05, 0) is 31.9 Å². The number of rotatable bonds is 7. The summed E-state index contributed by atoms with van der Waals surface area (Å²) in [7, 11) is 0. The maximum Gasteiger partial charge on any atom is 0.358 e. The van der Waals surface area contributed by atoms with Gasteiger partial charge >= 0.3 is 6.03 Å². The van der Waals surface area contributed by atoms with Crippen molar-refractivity contribution < 1.29 is 28.8 Å². The van der Waals surface area contributed by atoms with E-state index in [4.69, 9.17) is 0 Å². The molecule has 0 bridgehead atoms. The van der Waals surface area contributed by atoms with Gasteiger partial charge in [-0.3, -0.25) is 24.6 Å². The minimum atomic E-state index is -1.07. The lowest BCUT2D eigenvalue weighted by molar-refractivity contribution is -0.155. The van der Waals surface area contributed by atoms with Gasteiger partial charge in [0.25, 0.3) is 5.91 Å². The number of fused-ring (bicyclic) bond motifs is 1. The third-order valence-electron chi connectivity index (χ3n) is 5.24.